The van der Waals surface area contributed by atoms with Crippen molar-refractivity contribution >= 4 is 11.9 Å². The van der Waals surface area contributed by atoms with Crippen molar-refractivity contribution in [1.82, 2.24) is 25.3 Å². The molecule has 1 aliphatic heterocycles. The lowest BCUT2D eigenvalue weighted by Crippen LogP contribution is -2.48. The molecule has 1 amide bonds. The van der Waals surface area contributed by atoms with Crippen LogP contribution >= 0.6 is 0 Å². The molecule has 1 fully saturated rings. The molecular formula is C21H30N6O2. The highest BCUT2D eigenvalue weighted by Crippen LogP contribution is 2.21. The summed E-state index contributed by atoms with van der Waals surface area (Å²) < 4.78 is 7.73. The molecule has 1 unspecified atom stereocenters. The van der Waals surface area contributed by atoms with E-state index < -0.39 is 0 Å². The van der Waals surface area contributed by atoms with Crippen LogP contribution in [-0.4, -0.2) is 59.3 Å². The first-order chi connectivity index (χ1) is 14.1. The van der Waals surface area contributed by atoms with Gasteiger partial charge in [-0.3, -0.25) is 9.48 Å². The quantitative estimate of drug-likeness (QED) is 0.572. The summed E-state index contributed by atoms with van der Waals surface area (Å²) >= 11 is 0. The van der Waals surface area contributed by atoms with Gasteiger partial charge < -0.3 is 20.3 Å². The van der Waals surface area contributed by atoms with Gasteiger partial charge in [0.05, 0.1) is 25.9 Å². The first-order valence-corrected chi connectivity index (χ1v) is 10.1. The molecule has 1 atom stereocenters. The van der Waals surface area contributed by atoms with E-state index in [2.05, 4.69) is 27.6 Å². The van der Waals surface area contributed by atoms with Crippen LogP contribution in [0.25, 0.3) is 0 Å². The number of rotatable bonds is 6. The van der Waals surface area contributed by atoms with Crippen LogP contribution in [0.2, 0.25) is 0 Å². The number of aliphatic imine (C=N–C) groups is 1. The number of guanidine groups is 1. The number of hydrogen-bond acceptors (Lipinski definition) is 4. The summed E-state index contributed by atoms with van der Waals surface area (Å²) in [6, 6.07) is 7.61. The Labute approximate surface area is 171 Å². The van der Waals surface area contributed by atoms with Gasteiger partial charge >= 0.3 is 0 Å². The molecule has 1 aliphatic rings. The Morgan fingerprint density at radius 1 is 1.31 bits per heavy atom. The van der Waals surface area contributed by atoms with Crippen LogP contribution in [0.1, 0.15) is 41.4 Å². The third-order valence-corrected chi connectivity index (χ3v) is 4.74. The maximum atomic E-state index is 12.1. The number of nitrogens with zero attached hydrogens (tertiary/aromatic N) is 4. The summed E-state index contributed by atoms with van der Waals surface area (Å²) in [4.78, 5) is 19.1. The second-order valence-electron chi connectivity index (χ2n) is 6.98. The van der Waals surface area contributed by atoms with E-state index in [1.807, 2.05) is 50.6 Å². The van der Waals surface area contributed by atoms with Gasteiger partial charge in [-0.1, -0.05) is 12.1 Å². The molecule has 156 valence electrons. The fourth-order valence-electron chi connectivity index (χ4n) is 3.32. The number of amides is 1. The van der Waals surface area contributed by atoms with Crippen LogP contribution in [0, 0.1) is 0 Å². The van der Waals surface area contributed by atoms with Crippen LogP contribution in [0.4, 0.5) is 0 Å². The molecule has 1 saturated heterocycles. The number of aromatic nitrogens is 2. The summed E-state index contributed by atoms with van der Waals surface area (Å²) in [6.07, 6.45) is 3.82. The van der Waals surface area contributed by atoms with Crippen LogP contribution in [0.15, 0.2) is 41.7 Å². The minimum atomic E-state index is -0.0577. The summed E-state index contributed by atoms with van der Waals surface area (Å²) in [5.74, 6) is 0.797. The summed E-state index contributed by atoms with van der Waals surface area (Å²) in [6.45, 7) is 8.01. The fraction of sp³-hybridized carbons (Fsp3) is 0.476. The molecule has 0 aliphatic carbocycles. The van der Waals surface area contributed by atoms with Crippen molar-refractivity contribution in [2.45, 2.75) is 26.5 Å². The molecule has 1 aromatic heterocycles. The van der Waals surface area contributed by atoms with E-state index in [0.29, 0.717) is 25.3 Å². The van der Waals surface area contributed by atoms with E-state index in [-0.39, 0.29) is 12.0 Å². The smallest absolute Gasteiger partial charge is 0.251 e. The number of hydrogen-bond donors (Lipinski definition) is 2. The highest BCUT2D eigenvalue weighted by Gasteiger charge is 2.25. The normalized spacial score (nSPS) is 17.3. The molecule has 2 N–H and O–H groups in total. The molecule has 1 aromatic carbocycles. The lowest BCUT2D eigenvalue weighted by Gasteiger charge is -2.34. The number of ether oxygens (including phenoxy) is 1. The molecule has 29 heavy (non-hydrogen) atoms. The van der Waals surface area contributed by atoms with Crippen molar-refractivity contribution in [3.8, 4) is 0 Å². The molecule has 8 heteroatoms. The highest BCUT2D eigenvalue weighted by atomic mass is 16.5. The molecule has 0 radical (unpaired) electrons. The molecule has 0 bridgehead atoms. The van der Waals surface area contributed by atoms with Gasteiger partial charge in [0.25, 0.3) is 5.91 Å². The number of aryl methyl sites for hydroxylation is 1. The van der Waals surface area contributed by atoms with E-state index >= 15 is 0 Å². The van der Waals surface area contributed by atoms with Crippen molar-refractivity contribution < 1.29 is 9.53 Å². The number of morpholine rings is 1. The third kappa shape index (κ3) is 5.57. The average molecular weight is 399 g/mol. The Bertz CT molecular complexity index is 847. The van der Waals surface area contributed by atoms with Crippen molar-refractivity contribution in [3.63, 3.8) is 0 Å². The predicted molar refractivity (Wildman–Crippen MR) is 113 cm³/mol. The molecule has 0 spiro atoms. The van der Waals surface area contributed by atoms with Crippen molar-refractivity contribution in [3.05, 3.63) is 53.3 Å². The Kier molecular flexibility index (Phi) is 7.24. The third-order valence-electron chi connectivity index (χ3n) is 4.74. The maximum absolute atomic E-state index is 12.1. The summed E-state index contributed by atoms with van der Waals surface area (Å²) in [5, 5.41) is 10.5. The highest BCUT2D eigenvalue weighted by molar-refractivity contribution is 5.94. The van der Waals surface area contributed by atoms with E-state index in [1.54, 1.807) is 4.68 Å². The zero-order valence-electron chi connectivity index (χ0n) is 17.4. The van der Waals surface area contributed by atoms with Gasteiger partial charge in [-0.15, -0.1) is 0 Å². The van der Waals surface area contributed by atoms with E-state index in [1.165, 1.54) is 0 Å². The Morgan fingerprint density at radius 3 is 2.86 bits per heavy atom. The van der Waals surface area contributed by atoms with Crippen LogP contribution < -0.4 is 10.6 Å². The molecule has 2 heterocycles. The van der Waals surface area contributed by atoms with Crippen LogP contribution in [-0.2, 0) is 18.3 Å². The largest absolute Gasteiger partial charge is 0.370 e. The van der Waals surface area contributed by atoms with Crippen molar-refractivity contribution in [2.75, 3.05) is 32.8 Å². The molecule has 3 rings (SSSR count). The van der Waals surface area contributed by atoms with E-state index in [0.717, 1.165) is 36.7 Å². The van der Waals surface area contributed by atoms with Gasteiger partial charge in [-0.05, 0) is 31.5 Å². The SMILES string of the molecule is CCNC(=O)c1cccc(CN=C(NCC)N2CCOC(c3cnn(C)c3)C2)c1. The molecule has 2 aromatic rings. The summed E-state index contributed by atoms with van der Waals surface area (Å²) in [7, 11) is 1.91. The average Bonchev–Trinajstić information content (AvgIpc) is 3.18. The van der Waals surface area contributed by atoms with E-state index in [9.17, 15) is 4.79 Å². The van der Waals surface area contributed by atoms with Gasteiger partial charge in [0.2, 0.25) is 0 Å². The second-order valence-corrected chi connectivity index (χ2v) is 6.98. The molecule has 0 saturated carbocycles. The molecular weight excluding hydrogens is 368 g/mol. The van der Waals surface area contributed by atoms with Crippen molar-refractivity contribution in [2.24, 2.45) is 12.0 Å². The Morgan fingerprint density at radius 2 is 2.14 bits per heavy atom. The first-order valence-electron chi connectivity index (χ1n) is 10.1. The predicted octanol–water partition coefficient (Wildman–Crippen LogP) is 1.71. The number of benzene rings is 1. The van der Waals surface area contributed by atoms with Gasteiger partial charge in [0, 0.05) is 44.0 Å². The zero-order chi connectivity index (χ0) is 20.6. The standard InChI is InChI=1S/C21H30N6O2/c1-4-22-20(28)17-8-6-7-16(11-17)12-24-21(23-5-2)27-9-10-29-19(15-27)18-13-25-26(3)14-18/h6-8,11,13-14,19H,4-5,9-10,12,15H2,1-3H3,(H,22,28)(H,23,24). The zero-order valence-corrected chi connectivity index (χ0v) is 17.4. The van der Waals surface area contributed by atoms with Gasteiger partial charge in [0.1, 0.15) is 6.10 Å². The minimum absolute atomic E-state index is 0.0256. The first kappa shape index (κ1) is 20.9. The Hall–Kier alpha value is -2.87. The fourth-order valence-corrected chi connectivity index (χ4v) is 3.32. The second kappa shape index (κ2) is 10.1. The minimum Gasteiger partial charge on any atom is -0.370 e. The lowest BCUT2D eigenvalue weighted by atomic mass is 10.1. The maximum Gasteiger partial charge on any atom is 0.251 e. The topological polar surface area (TPSA) is 83.8 Å². The Balaban J connectivity index is 1.71. The van der Waals surface area contributed by atoms with Gasteiger partial charge in [-0.25, -0.2) is 4.99 Å². The number of carbonyl (C=O) groups is 1. The molecule has 8 nitrogen and oxygen atoms in total. The van der Waals surface area contributed by atoms with Gasteiger partial charge in [0.15, 0.2) is 5.96 Å². The number of nitrogens with one attached hydrogen (secondary N) is 2. The summed E-state index contributed by atoms with van der Waals surface area (Å²) in [5.41, 5.74) is 2.73. The monoisotopic (exact) mass is 398 g/mol. The number of carbonyl (C=O) groups excluding carboxylic acids is 1. The van der Waals surface area contributed by atoms with Crippen LogP contribution in [0.5, 0.6) is 0 Å². The van der Waals surface area contributed by atoms with Gasteiger partial charge in [-0.2, -0.15) is 5.10 Å². The van der Waals surface area contributed by atoms with Crippen molar-refractivity contribution in [1.29, 1.82) is 0 Å². The van der Waals surface area contributed by atoms with Crippen LogP contribution in [0.3, 0.4) is 0 Å². The lowest BCUT2D eigenvalue weighted by molar-refractivity contribution is -0.00805. The van der Waals surface area contributed by atoms with E-state index in [4.69, 9.17) is 9.73 Å².